The summed E-state index contributed by atoms with van der Waals surface area (Å²) in [7, 11) is 0. The van der Waals surface area contributed by atoms with E-state index in [4.69, 9.17) is 5.11 Å². The summed E-state index contributed by atoms with van der Waals surface area (Å²) in [5.74, 6) is 3.07. The molecule has 6 nitrogen and oxygen atoms in total. The maximum Gasteiger partial charge on any atom is 0.341 e. The first-order valence-corrected chi connectivity index (χ1v) is 3.43. The van der Waals surface area contributed by atoms with Crippen LogP contribution in [0.25, 0.3) is 0 Å². The summed E-state index contributed by atoms with van der Waals surface area (Å²) in [4.78, 5) is 24.6. The Bertz CT molecular complexity index is 171. The second kappa shape index (κ2) is 5.50. The molecule has 6 heteroatoms. The maximum atomic E-state index is 10.6. The van der Waals surface area contributed by atoms with Crippen LogP contribution in [0, 0.1) is 0 Å². The van der Waals surface area contributed by atoms with Gasteiger partial charge in [-0.2, -0.15) is 5.90 Å². The highest BCUT2D eigenvalue weighted by molar-refractivity contribution is 5.75. The van der Waals surface area contributed by atoms with Crippen molar-refractivity contribution in [2.75, 3.05) is 6.54 Å². The first-order valence-electron chi connectivity index (χ1n) is 3.43. The van der Waals surface area contributed by atoms with Crippen molar-refractivity contribution in [1.29, 1.82) is 0 Å². The number of carboxylic acids is 1. The zero-order chi connectivity index (χ0) is 9.56. The van der Waals surface area contributed by atoms with Gasteiger partial charge in [0.15, 0.2) is 0 Å². The van der Waals surface area contributed by atoms with Gasteiger partial charge in [-0.1, -0.05) is 0 Å². The Morgan fingerprint density at radius 3 is 2.67 bits per heavy atom. The summed E-state index contributed by atoms with van der Waals surface area (Å²) >= 11 is 0. The SMILES string of the molecule is CC(NCCC(=O)O)C(=O)ON. The number of hydrogen-bond acceptors (Lipinski definition) is 5. The fourth-order valence-electron chi connectivity index (χ4n) is 0.581. The molecule has 0 aromatic rings. The first-order chi connectivity index (χ1) is 5.57. The monoisotopic (exact) mass is 176 g/mol. The molecule has 0 saturated heterocycles. The van der Waals surface area contributed by atoms with Crippen LogP contribution in [0.5, 0.6) is 0 Å². The second-order valence-corrected chi connectivity index (χ2v) is 2.26. The number of nitrogens with two attached hydrogens (primary N) is 1. The summed E-state index contributed by atoms with van der Waals surface area (Å²) < 4.78 is 0. The van der Waals surface area contributed by atoms with E-state index in [1.807, 2.05) is 0 Å². The third-order valence-corrected chi connectivity index (χ3v) is 1.26. The lowest BCUT2D eigenvalue weighted by Crippen LogP contribution is -2.37. The Morgan fingerprint density at radius 1 is 1.67 bits per heavy atom. The number of carbonyl (C=O) groups excluding carboxylic acids is 1. The molecule has 4 N–H and O–H groups in total. The normalized spacial score (nSPS) is 12.2. The summed E-state index contributed by atoms with van der Waals surface area (Å²) in [6.07, 6.45) is -0.0395. The molecule has 0 aliphatic heterocycles. The van der Waals surface area contributed by atoms with E-state index in [0.717, 1.165) is 0 Å². The molecule has 70 valence electrons. The quantitative estimate of drug-likeness (QED) is 0.457. The van der Waals surface area contributed by atoms with Crippen molar-refractivity contribution in [2.24, 2.45) is 5.90 Å². The predicted molar refractivity (Wildman–Crippen MR) is 40.0 cm³/mol. The maximum absolute atomic E-state index is 10.6. The van der Waals surface area contributed by atoms with E-state index in [0.29, 0.717) is 0 Å². The van der Waals surface area contributed by atoms with Crippen molar-refractivity contribution in [3.8, 4) is 0 Å². The molecule has 0 saturated carbocycles. The van der Waals surface area contributed by atoms with Gasteiger partial charge in [0.05, 0.1) is 6.42 Å². The molecular formula is C6H12N2O4. The van der Waals surface area contributed by atoms with E-state index in [-0.39, 0.29) is 13.0 Å². The van der Waals surface area contributed by atoms with Crippen LogP contribution in [0.1, 0.15) is 13.3 Å². The predicted octanol–water partition coefficient (Wildman–Crippen LogP) is -1.14. The van der Waals surface area contributed by atoms with E-state index in [9.17, 15) is 9.59 Å². The number of nitrogens with one attached hydrogen (secondary N) is 1. The zero-order valence-electron chi connectivity index (χ0n) is 6.74. The van der Waals surface area contributed by atoms with Crippen LogP contribution in [-0.4, -0.2) is 29.6 Å². The Hall–Kier alpha value is -1.14. The molecule has 0 aliphatic rings. The molecule has 12 heavy (non-hydrogen) atoms. The minimum Gasteiger partial charge on any atom is -0.481 e. The molecule has 0 aliphatic carbocycles. The lowest BCUT2D eigenvalue weighted by molar-refractivity contribution is -0.146. The van der Waals surface area contributed by atoms with Gasteiger partial charge in [0.1, 0.15) is 6.04 Å². The van der Waals surface area contributed by atoms with Gasteiger partial charge in [-0.25, -0.2) is 4.79 Å². The van der Waals surface area contributed by atoms with Gasteiger partial charge in [0.25, 0.3) is 0 Å². The number of aliphatic carboxylic acids is 1. The highest BCUT2D eigenvalue weighted by atomic mass is 16.7. The second-order valence-electron chi connectivity index (χ2n) is 2.26. The Labute approximate surface area is 69.6 Å². The zero-order valence-corrected chi connectivity index (χ0v) is 6.74. The standard InChI is InChI=1S/C6H12N2O4/c1-4(6(11)12-7)8-3-2-5(9)10/h4,8H,2-3,7H2,1H3,(H,9,10). The number of rotatable bonds is 5. The van der Waals surface area contributed by atoms with Crippen molar-refractivity contribution >= 4 is 11.9 Å². The third kappa shape index (κ3) is 4.64. The van der Waals surface area contributed by atoms with Crippen LogP contribution in [0.4, 0.5) is 0 Å². The highest BCUT2D eigenvalue weighted by Gasteiger charge is 2.12. The molecular weight excluding hydrogens is 164 g/mol. The molecule has 1 unspecified atom stereocenters. The molecule has 0 amide bonds. The molecule has 0 radical (unpaired) electrons. The third-order valence-electron chi connectivity index (χ3n) is 1.26. The Balaban J connectivity index is 3.50. The van der Waals surface area contributed by atoms with E-state index in [1.54, 1.807) is 0 Å². The van der Waals surface area contributed by atoms with Crippen molar-refractivity contribution in [3.05, 3.63) is 0 Å². The fourth-order valence-corrected chi connectivity index (χ4v) is 0.581. The van der Waals surface area contributed by atoms with Gasteiger partial charge in [0.2, 0.25) is 0 Å². The molecule has 0 spiro atoms. The van der Waals surface area contributed by atoms with Gasteiger partial charge in [0, 0.05) is 6.54 Å². The molecule has 0 aromatic heterocycles. The summed E-state index contributed by atoms with van der Waals surface area (Å²) in [6, 6.07) is -0.575. The van der Waals surface area contributed by atoms with Gasteiger partial charge >= 0.3 is 11.9 Å². The molecule has 0 aromatic carbocycles. The lowest BCUT2D eigenvalue weighted by atomic mass is 10.3. The van der Waals surface area contributed by atoms with Crippen molar-refractivity contribution < 1.29 is 19.5 Å². The average molecular weight is 176 g/mol. The first kappa shape index (κ1) is 10.9. The van der Waals surface area contributed by atoms with Gasteiger partial charge in [-0.15, -0.1) is 0 Å². The van der Waals surface area contributed by atoms with Crippen LogP contribution in [0.2, 0.25) is 0 Å². The van der Waals surface area contributed by atoms with Crippen LogP contribution < -0.4 is 11.2 Å². The molecule has 0 heterocycles. The highest BCUT2D eigenvalue weighted by Crippen LogP contribution is 1.85. The summed E-state index contributed by atoms with van der Waals surface area (Å²) in [5.41, 5.74) is 0. The van der Waals surface area contributed by atoms with Crippen LogP contribution in [0.3, 0.4) is 0 Å². The van der Waals surface area contributed by atoms with E-state index in [2.05, 4.69) is 16.1 Å². The molecule has 0 fully saturated rings. The minimum atomic E-state index is -0.921. The number of carboxylic acid groups (broad SMARTS) is 1. The van der Waals surface area contributed by atoms with Crippen LogP contribution in [0.15, 0.2) is 0 Å². The molecule has 0 rings (SSSR count). The number of carbonyl (C=O) groups is 2. The molecule has 1 atom stereocenters. The van der Waals surface area contributed by atoms with E-state index < -0.39 is 18.0 Å². The summed E-state index contributed by atoms with van der Waals surface area (Å²) in [6.45, 7) is 1.75. The van der Waals surface area contributed by atoms with Crippen LogP contribution in [-0.2, 0) is 14.4 Å². The smallest absolute Gasteiger partial charge is 0.341 e. The van der Waals surface area contributed by atoms with Crippen molar-refractivity contribution in [1.82, 2.24) is 5.32 Å². The topological polar surface area (TPSA) is 102 Å². The Morgan fingerprint density at radius 2 is 2.25 bits per heavy atom. The Kier molecular flexibility index (Phi) is 4.98. The van der Waals surface area contributed by atoms with Crippen molar-refractivity contribution in [2.45, 2.75) is 19.4 Å². The largest absolute Gasteiger partial charge is 0.481 e. The number of hydrogen-bond donors (Lipinski definition) is 3. The fraction of sp³-hybridized carbons (Fsp3) is 0.667. The molecule has 0 bridgehead atoms. The summed E-state index contributed by atoms with van der Waals surface area (Å²) in [5, 5.41) is 10.9. The van der Waals surface area contributed by atoms with Crippen LogP contribution >= 0.6 is 0 Å². The van der Waals surface area contributed by atoms with Gasteiger partial charge < -0.3 is 15.3 Å². The van der Waals surface area contributed by atoms with Crippen molar-refractivity contribution in [3.63, 3.8) is 0 Å². The van der Waals surface area contributed by atoms with E-state index in [1.165, 1.54) is 6.92 Å². The average Bonchev–Trinajstić information content (AvgIpc) is 2.02. The van der Waals surface area contributed by atoms with Gasteiger partial charge in [-0.3, -0.25) is 4.79 Å². The van der Waals surface area contributed by atoms with E-state index >= 15 is 0 Å². The lowest BCUT2D eigenvalue weighted by Gasteiger charge is -2.08. The minimum absolute atomic E-state index is 0.0395. The van der Waals surface area contributed by atoms with Gasteiger partial charge in [-0.05, 0) is 6.92 Å².